The molecule has 0 bridgehead atoms. The fourth-order valence-corrected chi connectivity index (χ4v) is 4.04. The van der Waals surface area contributed by atoms with Crippen LogP contribution in [0.4, 0.5) is 10.1 Å². The van der Waals surface area contributed by atoms with Crippen LogP contribution in [-0.2, 0) is 21.4 Å². The summed E-state index contributed by atoms with van der Waals surface area (Å²) in [6.45, 7) is 1.56. The van der Waals surface area contributed by atoms with Gasteiger partial charge < -0.3 is 5.32 Å². The molecule has 9 heteroatoms. The number of hydrogen-bond donors (Lipinski definition) is 1. The predicted octanol–water partition coefficient (Wildman–Crippen LogP) is 3.60. The van der Waals surface area contributed by atoms with Crippen molar-refractivity contribution >= 4 is 44.8 Å². The number of carbonyl (C=O) groups excluding carboxylic acids is 1. The molecule has 0 saturated heterocycles. The van der Waals surface area contributed by atoms with E-state index < -0.39 is 27.8 Å². The van der Waals surface area contributed by atoms with E-state index in [0.717, 1.165) is 22.7 Å². The summed E-state index contributed by atoms with van der Waals surface area (Å²) in [5.74, 6) is -1.03. The van der Waals surface area contributed by atoms with Gasteiger partial charge in [-0.25, -0.2) is 12.8 Å². The highest BCUT2D eigenvalue weighted by atomic mass is 35.5. The molecule has 0 aliphatic rings. The molecule has 1 atom stereocenters. The minimum Gasteiger partial charge on any atom is -0.350 e. The van der Waals surface area contributed by atoms with Gasteiger partial charge in [0.2, 0.25) is 15.9 Å². The Hall–Kier alpha value is -1.83. The van der Waals surface area contributed by atoms with Gasteiger partial charge in [-0.15, -0.1) is 0 Å². The van der Waals surface area contributed by atoms with Crippen LogP contribution in [0.1, 0.15) is 12.5 Å². The third-order valence-corrected chi connectivity index (χ3v) is 5.47. The SMILES string of the molecule is C[C@@H](C(=O)NCc1ccc(Cl)cc1Cl)N(c1ccc(F)cc1)S(C)(=O)=O. The summed E-state index contributed by atoms with van der Waals surface area (Å²) in [4.78, 5) is 12.5. The number of nitrogens with zero attached hydrogens (tertiary/aromatic N) is 1. The molecular formula is C17H17Cl2FN2O3S. The molecule has 0 saturated carbocycles. The molecule has 0 unspecified atom stereocenters. The summed E-state index contributed by atoms with van der Waals surface area (Å²) < 4.78 is 38.3. The third-order valence-electron chi connectivity index (χ3n) is 3.64. The molecule has 2 aromatic rings. The summed E-state index contributed by atoms with van der Waals surface area (Å²) in [5.41, 5.74) is 0.838. The van der Waals surface area contributed by atoms with Crippen LogP contribution in [0.5, 0.6) is 0 Å². The molecule has 2 rings (SSSR count). The number of sulfonamides is 1. The smallest absolute Gasteiger partial charge is 0.243 e. The van der Waals surface area contributed by atoms with Crippen molar-refractivity contribution in [2.75, 3.05) is 10.6 Å². The molecule has 0 fully saturated rings. The molecule has 5 nitrogen and oxygen atoms in total. The van der Waals surface area contributed by atoms with Crippen molar-refractivity contribution in [3.8, 4) is 0 Å². The second kappa shape index (κ2) is 8.24. The lowest BCUT2D eigenvalue weighted by molar-refractivity contribution is -0.122. The van der Waals surface area contributed by atoms with Crippen molar-refractivity contribution in [1.82, 2.24) is 5.32 Å². The molecule has 0 radical (unpaired) electrons. The fourth-order valence-electron chi connectivity index (χ4n) is 2.39. The monoisotopic (exact) mass is 418 g/mol. The van der Waals surface area contributed by atoms with Crippen LogP contribution in [-0.4, -0.2) is 26.6 Å². The molecule has 0 aromatic heterocycles. The number of halogens is 3. The van der Waals surface area contributed by atoms with E-state index in [9.17, 15) is 17.6 Å². The number of amides is 1. The van der Waals surface area contributed by atoms with Crippen molar-refractivity contribution in [3.63, 3.8) is 0 Å². The van der Waals surface area contributed by atoms with Crippen LogP contribution in [0.3, 0.4) is 0 Å². The number of carbonyl (C=O) groups is 1. The third kappa shape index (κ3) is 5.09. The predicted molar refractivity (Wildman–Crippen MR) is 101 cm³/mol. The summed E-state index contributed by atoms with van der Waals surface area (Å²) in [5, 5.41) is 3.51. The summed E-state index contributed by atoms with van der Waals surface area (Å²) in [6.07, 6.45) is 0.982. The Labute approximate surface area is 161 Å². The normalized spacial score (nSPS) is 12.5. The Morgan fingerprint density at radius 3 is 2.35 bits per heavy atom. The Balaban J connectivity index is 2.18. The van der Waals surface area contributed by atoms with Gasteiger partial charge in [0, 0.05) is 16.6 Å². The van der Waals surface area contributed by atoms with Crippen molar-refractivity contribution in [2.24, 2.45) is 0 Å². The van der Waals surface area contributed by atoms with E-state index in [1.165, 1.54) is 19.1 Å². The second-order valence-electron chi connectivity index (χ2n) is 5.66. The van der Waals surface area contributed by atoms with Crippen LogP contribution >= 0.6 is 23.2 Å². The van der Waals surface area contributed by atoms with Crippen LogP contribution in [0, 0.1) is 5.82 Å². The van der Waals surface area contributed by atoms with Gasteiger partial charge in [-0.2, -0.15) is 0 Å². The first-order valence-electron chi connectivity index (χ1n) is 7.56. The Morgan fingerprint density at radius 1 is 1.19 bits per heavy atom. The van der Waals surface area contributed by atoms with Crippen molar-refractivity contribution in [2.45, 2.75) is 19.5 Å². The average Bonchev–Trinajstić information content (AvgIpc) is 2.54. The molecule has 1 amide bonds. The Kier molecular flexibility index (Phi) is 6.49. The Bertz CT molecular complexity index is 905. The summed E-state index contributed by atoms with van der Waals surface area (Å²) in [6, 6.07) is 8.68. The van der Waals surface area contributed by atoms with Gasteiger partial charge >= 0.3 is 0 Å². The quantitative estimate of drug-likeness (QED) is 0.778. The number of anilines is 1. The molecule has 26 heavy (non-hydrogen) atoms. The molecule has 0 aliphatic carbocycles. The maximum absolute atomic E-state index is 13.1. The van der Waals surface area contributed by atoms with Gasteiger partial charge in [0.15, 0.2) is 0 Å². The van der Waals surface area contributed by atoms with Crippen LogP contribution < -0.4 is 9.62 Å². The number of hydrogen-bond acceptors (Lipinski definition) is 3. The first-order chi connectivity index (χ1) is 12.1. The molecule has 0 aliphatic heterocycles. The highest BCUT2D eigenvalue weighted by molar-refractivity contribution is 7.92. The van der Waals surface area contributed by atoms with E-state index in [4.69, 9.17) is 23.2 Å². The van der Waals surface area contributed by atoms with Crippen molar-refractivity contribution in [3.05, 3.63) is 63.9 Å². The second-order valence-corrected chi connectivity index (χ2v) is 8.37. The zero-order valence-electron chi connectivity index (χ0n) is 14.0. The average molecular weight is 419 g/mol. The molecular weight excluding hydrogens is 402 g/mol. The van der Waals surface area contributed by atoms with Gasteiger partial charge in [-0.3, -0.25) is 9.10 Å². The molecule has 0 heterocycles. The van der Waals surface area contributed by atoms with Crippen LogP contribution in [0.25, 0.3) is 0 Å². The lowest BCUT2D eigenvalue weighted by Gasteiger charge is -2.28. The number of rotatable bonds is 6. The van der Waals surface area contributed by atoms with E-state index in [1.807, 2.05) is 0 Å². The lowest BCUT2D eigenvalue weighted by Crippen LogP contribution is -2.47. The maximum Gasteiger partial charge on any atom is 0.243 e. The van der Waals surface area contributed by atoms with Gasteiger partial charge in [0.25, 0.3) is 0 Å². The van der Waals surface area contributed by atoms with Gasteiger partial charge in [0.05, 0.1) is 11.9 Å². The molecule has 1 N–H and O–H groups in total. The van der Waals surface area contributed by atoms with Crippen LogP contribution in [0.15, 0.2) is 42.5 Å². The van der Waals surface area contributed by atoms with Gasteiger partial charge in [0.1, 0.15) is 11.9 Å². The Morgan fingerprint density at radius 2 is 1.81 bits per heavy atom. The van der Waals surface area contributed by atoms with Crippen molar-refractivity contribution in [1.29, 1.82) is 0 Å². The standard InChI is InChI=1S/C17H17Cl2FN2O3S/c1-11(17(23)21-10-12-3-4-13(18)9-16(12)19)22(26(2,24)25)15-7-5-14(20)6-8-15/h3-9,11H,10H2,1-2H3,(H,21,23)/t11-/m0/s1. The number of benzene rings is 2. The van der Waals surface area contributed by atoms with E-state index in [0.29, 0.717) is 15.6 Å². The zero-order valence-corrected chi connectivity index (χ0v) is 16.4. The largest absolute Gasteiger partial charge is 0.350 e. The minimum atomic E-state index is -3.77. The zero-order chi connectivity index (χ0) is 19.5. The first-order valence-corrected chi connectivity index (χ1v) is 10.2. The van der Waals surface area contributed by atoms with E-state index in [1.54, 1.807) is 18.2 Å². The molecule has 140 valence electrons. The lowest BCUT2D eigenvalue weighted by atomic mass is 10.2. The van der Waals surface area contributed by atoms with E-state index in [-0.39, 0.29) is 12.2 Å². The highest BCUT2D eigenvalue weighted by Crippen LogP contribution is 2.22. The van der Waals surface area contributed by atoms with Gasteiger partial charge in [-0.1, -0.05) is 29.3 Å². The minimum absolute atomic E-state index is 0.111. The van der Waals surface area contributed by atoms with Crippen LogP contribution in [0.2, 0.25) is 10.0 Å². The summed E-state index contributed by atoms with van der Waals surface area (Å²) >= 11 is 11.9. The maximum atomic E-state index is 13.1. The first kappa shape index (κ1) is 20.5. The van der Waals surface area contributed by atoms with E-state index in [2.05, 4.69) is 5.32 Å². The molecule has 0 spiro atoms. The van der Waals surface area contributed by atoms with Crippen molar-refractivity contribution < 1.29 is 17.6 Å². The fraction of sp³-hybridized carbons (Fsp3) is 0.235. The topological polar surface area (TPSA) is 66.5 Å². The van der Waals surface area contributed by atoms with E-state index >= 15 is 0 Å². The summed E-state index contributed by atoms with van der Waals surface area (Å²) in [7, 11) is -3.77. The highest BCUT2D eigenvalue weighted by Gasteiger charge is 2.29. The van der Waals surface area contributed by atoms with Gasteiger partial charge in [-0.05, 0) is 48.9 Å². The molecule has 2 aromatic carbocycles. The number of nitrogens with one attached hydrogen (secondary N) is 1.